The first kappa shape index (κ1) is 13.4. The highest BCUT2D eigenvalue weighted by Gasteiger charge is 2.60. The van der Waals surface area contributed by atoms with Crippen LogP contribution in [0.5, 0.6) is 0 Å². The van der Waals surface area contributed by atoms with E-state index in [-0.39, 0.29) is 11.3 Å². The lowest BCUT2D eigenvalue weighted by molar-refractivity contribution is -0.152. The van der Waals surface area contributed by atoms with Crippen molar-refractivity contribution in [3.05, 3.63) is 0 Å². The third-order valence-electron chi connectivity index (χ3n) is 6.41. The molecule has 0 aromatic rings. The van der Waals surface area contributed by atoms with E-state index in [1.54, 1.807) is 4.90 Å². The van der Waals surface area contributed by atoms with Crippen LogP contribution in [-0.2, 0) is 4.79 Å². The fourth-order valence-corrected chi connectivity index (χ4v) is 5.51. The van der Waals surface area contributed by atoms with E-state index in [4.69, 9.17) is 5.73 Å². The standard InChI is InChI=1S/C16H28N2O/c1-4-18(3)14(19)15(2,17)16-8-11-5-12(9-16)7-13(6-11)10-16/h11-13H,4-10,17H2,1-3H3. The van der Waals surface area contributed by atoms with Crippen LogP contribution in [0.4, 0.5) is 0 Å². The summed E-state index contributed by atoms with van der Waals surface area (Å²) in [7, 11) is 1.88. The van der Waals surface area contributed by atoms with Gasteiger partial charge >= 0.3 is 0 Å². The zero-order valence-corrected chi connectivity index (χ0v) is 12.6. The maximum absolute atomic E-state index is 12.7. The van der Waals surface area contributed by atoms with Crippen molar-refractivity contribution in [2.75, 3.05) is 13.6 Å². The zero-order valence-electron chi connectivity index (χ0n) is 12.6. The first-order valence-electron chi connectivity index (χ1n) is 7.92. The van der Waals surface area contributed by atoms with Crippen molar-refractivity contribution in [1.29, 1.82) is 0 Å². The molecule has 0 aromatic heterocycles. The van der Waals surface area contributed by atoms with E-state index in [9.17, 15) is 4.79 Å². The molecular weight excluding hydrogens is 236 g/mol. The van der Waals surface area contributed by atoms with E-state index in [2.05, 4.69) is 0 Å². The van der Waals surface area contributed by atoms with Crippen LogP contribution in [0.25, 0.3) is 0 Å². The van der Waals surface area contributed by atoms with Gasteiger partial charge in [-0.15, -0.1) is 0 Å². The minimum atomic E-state index is -0.673. The van der Waals surface area contributed by atoms with Crippen LogP contribution in [0.2, 0.25) is 0 Å². The van der Waals surface area contributed by atoms with Gasteiger partial charge in [0.1, 0.15) is 0 Å². The van der Waals surface area contributed by atoms with Crippen LogP contribution in [-0.4, -0.2) is 29.9 Å². The van der Waals surface area contributed by atoms with Gasteiger partial charge in [0.15, 0.2) is 0 Å². The first-order valence-corrected chi connectivity index (χ1v) is 7.92. The summed E-state index contributed by atoms with van der Waals surface area (Å²) in [6.45, 7) is 4.78. The lowest BCUT2D eigenvalue weighted by atomic mass is 9.45. The van der Waals surface area contributed by atoms with Gasteiger partial charge in [-0.2, -0.15) is 0 Å². The van der Waals surface area contributed by atoms with Crippen molar-refractivity contribution >= 4 is 5.91 Å². The van der Waals surface area contributed by atoms with Gasteiger partial charge in [0.25, 0.3) is 0 Å². The third kappa shape index (κ3) is 1.84. The Morgan fingerprint density at radius 3 is 2.00 bits per heavy atom. The molecule has 1 amide bonds. The molecule has 3 heteroatoms. The molecule has 4 fully saturated rings. The molecule has 0 saturated heterocycles. The molecule has 0 aromatic carbocycles. The van der Waals surface area contributed by atoms with E-state index in [0.29, 0.717) is 0 Å². The zero-order chi connectivity index (χ0) is 13.8. The Morgan fingerprint density at radius 1 is 1.21 bits per heavy atom. The second-order valence-electron chi connectivity index (χ2n) is 7.72. The molecule has 0 radical (unpaired) electrons. The third-order valence-corrected chi connectivity index (χ3v) is 6.41. The number of rotatable bonds is 3. The summed E-state index contributed by atoms with van der Waals surface area (Å²) in [5.41, 5.74) is 6.06. The van der Waals surface area contributed by atoms with Crippen LogP contribution in [0.15, 0.2) is 0 Å². The predicted octanol–water partition coefficient (Wildman–Crippen LogP) is 2.40. The van der Waals surface area contributed by atoms with E-state index in [0.717, 1.165) is 24.3 Å². The monoisotopic (exact) mass is 264 g/mol. The van der Waals surface area contributed by atoms with Crippen LogP contribution >= 0.6 is 0 Å². The van der Waals surface area contributed by atoms with Crippen molar-refractivity contribution in [2.45, 2.75) is 57.9 Å². The smallest absolute Gasteiger partial charge is 0.242 e. The number of nitrogens with zero attached hydrogens (tertiary/aromatic N) is 1. The van der Waals surface area contributed by atoms with Crippen molar-refractivity contribution in [3.63, 3.8) is 0 Å². The van der Waals surface area contributed by atoms with Crippen LogP contribution in [0, 0.1) is 23.2 Å². The molecule has 108 valence electrons. The Balaban J connectivity index is 1.90. The minimum absolute atomic E-state index is 0.0856. The van der Waals surface area contributed by atoms with Gasteiger partial charge in [0, 0.05) is 13.6 Å². The summed E-state index contributed by atoms with van der Waals surface area (Å²) in [5, 5.41) is 0. The molecule has 4 aliphatic carbocycles. The molecule has 1 unspecified atom stereocenters. The molecule has 0 spiro atoms. The Kier molecular flexibility index (Phi) is 2.97. The van der Waals surface area contributed by atoms with Crippen molar-refractivity contribution in [2.24, 2.45) is 28.9 Å². The van der Waals surface area contributed by atoms with E-state index in [1.165, 1.54) is 38.5 Å². The topological polar surface area (TPSA) is 46.3 Å². The number of nitrogens with two attached hydrogens (primary N) is 1. The Bertz CT molecular complexity index is 353. The normalized spacial score (nSPS) is 43.1. The molecule has 19 heavy (non-hydrogen) atoms. The maximum atomic E-state index is 12.7. The van der Waals surface area contributed by atoms with Gasteiger partial charge in [0.2, 0.25) is 5.91 Å². The van der Waals surface area contributed by atoms with E-state index in [1.807, 2.05) is 20.9 Å². The van der Waals surface area contributed by atoms with Crippen LogP contribution in [0.3, 0.4) is 0 Å². The van der Waals surface area contributed by atoms with E-state index < -0.39 is 5.54 Å². The van der Waals surface area contributed by atoms with Gasteiger partial charge in [0.05, 0.1) is 5.54 Å². The van der Waals surface area contributed by atoms with Crippen molar-refractivity contribution < 1.29 is 4.79 Å². The molecule has 4 bridgehead atoms. The highest BCUT2D eigenvalue weighted by atomic mass is 16.2. The number of likely N-dealkylation sites (N-methyl/N-ethyl adjacent to an activating group) is 1. The largest absolute Gasteiger partial charge is 0.344 e. The Labute approximate surface area is 116 Å². The molecule has 4 rings (SSSR count). The van der Waals surface area contributed by atoms with Crippen LogP contribution in [0.1, 0.15) is 52.4 Å². The van der Waals surface area contributed by atoms with Gasteiger partial charge < -0.3 is 10.6 Å². The lowest BCUT2D eigenvalue weighted by Crippen LogP contribution is -2.67. The highest BCUT2D eigenvalue weighted by molar-refractivity contribution is 5.86. The summed E-state index contributed by atoms with van der Waals surface area (Å²) in [6.07, 6.45) is 7.76. The Hall–Kier alpha value is -0.570. The summed E-state index contributed by atoms with van der Waals surface area (Å²) in [6, 6.07) is 0. The van der Waals surface area contributed by atoms with Gasteiger partial charge in [-0.05, 0) is 75.5 Å². The quantitative estimate of drug-likeness (QED) is 0.851. The molecule has 4 saturated carbocycles. The fraction of sp³-hybridized carbons (Fsp3) is 0.938. The highest BCUT2D eigenvalue weighted by Crippen LogP contribution is 2.63. The fourth-order valence-electron chi connectivity index (χ4n) is 5.51. The summed E-state index contributed by atoms with van der Waals surface area (Å²) in [5.74, 6) is 2.67. The molecule has 0 aliphatic heterocycles. The molecule has 2 N–H and O–H groups in total. The SMILES string of the molecule is CCN(C)C(=O)C(C)(N)C12CC3CC(CC(C3)C1)C2. The number of amides is 1. The lowest BCUT2D eigenvalue weighted by Gasteiger charge is -2.61. The summed E-state index contributed by atoms with van der Waals surface area (Å²) in [4.78, 5) is 14.5. The Morgan fingerprint density at radius 2 is 1.63 bits per heavy atom. The molecule has 4 aliphatic rings. The average molecular weight is 264 g/mol. The first-order chi connectivity index (χ1) is 8.88. The molecule has 0 heterocycles. The number of hydrogen-bond donors (Lipinski definition) is 1. The number of carbonyl (C=O) groups is 1. The second-order valence-corrected chi connectivity index (χ2v) is 7.72. The second kappa shape index (κ2) is 4.21. The number of hydrogen-bond acceptors (Lipinski definition) is 2. The van der Waals surface area contributed by atoms with Crippen LogP contribution < -0.4 is 5.73 Å². The predicted molar refractivity (Wildman–Crippen MR) is 76.5 cm³/mol. The van der Waals surface area contributed by atoms with Gasteiger partial charge in [-0.25, -0.2) is 0 Å². The van der Waals surface area contributed by atoms with Gasteiger partial charge in [-0.3, -0.25) is 4.79 Å². The summed E-state index contributed by atoms with van der Waals surface area (Å²) < 4.78 is 0. The molecular formula is C16H28N2O. The maximum Gasteiger partial charge on any atom is 0.242 e. The van der Waals surface area contributed by atoms with E-state index >= 15 is 0 Å². The van der Waals surface area contributed by atoms with Crippen molar-refractivity contribution in [3.8, 4) is 0 Å². The van der Waals surface area contributed by atoms with Crippen molar-refractivity contribution in [1.82, 2.24) is 4.90 Å². The molecule has 1 atom stereocenters. The van der Waals surface area contributed by atoms with Gasteiger partial charge in [-0.1, -0.05) is 0 Å². The number of carbonyl (C=O) groups excluding carboxylic acids is 1. The minimum Gasteiger partial charge on any atom is -0.344 e. The summed E-state index contributed by atoms with van der Waals surface area (Å²) >= 11 is 0. The molecule has 3 nitrogen and oxygen atoms in total. The average Bonchev–Trinajstić information content (AvgIpc) is 2.35.